The van der Waals surface area contributed by atoms with Crippen LogP contribution in [-0.4, -0.2) is 87.5 Å². The third-order valence-corrected chi connectivity index (χ3v) is 14.2. The number of unbranched alkanes of at least 4 members (excludes halogenated alkanes) is 30. The minimum atomic E-state index is -1.57. The fourth-order valence-electron chi connectivity index (χ4n) is 9.40. The summed E-state index contributed by atoms with van der Waals surface area (Å²) in [5, 5.41) is 54.5. The summed E-state index contributed by atoms with van der Waals surface area (Å²) >= 11 is 0. The van der Waals surface area contributed by atoms with Crippen LogP contribution >= 0.6 is 0 Å². The van der Waals surface area contributed by atoms with E-state index in [-0.39, 0.29) is 12.5 Å². The van der Waals surface area contributed by atoms with E-state index < -0.39 is 49.5 Å². The zero-order valence-corrected chi connectivity index (χ0v) is 47.6. The second-order valence-electron chi connectivity index (χ2n) is 21.1. The second kappa shape index (κ2) is 53.8. The Balaban J connectivity index is 2.13. The van der Waals surface area contributed by atoms with E-state index >= 15 is 0 Å². The monoisotopic (exact) mass is 1040 g/mol. The lowest BCUT2D eigenvalue weighted by molar-refractivity contribution is -0.302. The van der Waals surface area contributed by atoms with Crippen LogP contribution in [0.15, 0.2) is 85.1 Å². The predicted molar refractivity (Wildman–Crippen MR) is 313 cm³/mol. The maximum atomic E-state index is 13.1. The number of aliphatic hydroxyl groups excluding tert-OH is 5. The number of hydrogen-bond donors (Lipinski definition) is 6. The maximum Gasteiger partial charge on any atom is 0.220 e. The Morgan fingerprint density at radius 1 is 0.473 bits per heavy atom. The van der Waals surface area contributed by atoms with Gasteiger partial charge in [0.15, 0.2) is 6.29 Å². The molecule has 1 rings (SSSR count). The van der Waals surface area contributed by atoms with Crippen molar-refractivity contribution in [2.75, 3.05) is 13.2 Å². The highest BCUT2D eigenvalue weighted by Crippen LogP contribution is 2.23. The lowest BCUT2D eigenvalue weighted by Gasteiger charge is -2.40. The van der Waals surface area contributed by atoms with Crippen LogP contribution in [0.2, 0.25) is 0 Å². The van der Waals surface area contributed by atoms with Crippen molar-refractivity contribution in [1.82, 2.24) is 5.32 Å². The van der Waals surface area contributed by atoms with Crippen molar-refractivity contribution in [1.29, 1.82) is 0 Å². The first-order chi connectivity index (χ1) is 36.3. The molecule has 9 nitrogen and oxygen atoms in total. The van der Waals surface area contributed by atoms with E-state index in [2.05, 4.69) is 92.1 Å². The van der Waals surface area contributed by atoms with E-state index in [0.717, 1.165) is 77.0 Å². The highest BCUT2D eigenvalue weighted by Gasteiger charge is 2.44. The number of aliphatic hydroxyl groups is 5. The number of allylic oxidation sites excluding steroid dienone is 13. The van der Waals surface area contributed by atoms with Crippen molar-refractivity contribution in [3.8, 4) is 0 Å². The van der Waals surface area contributed by atoms with E-state index in [1.165, 1.54) is 167 Å². The van der Waals surface area contributed by atoms with Crippen molar-refractivity contribution in [3.05, 3.63) is 85.1 Å². The summed E-state index contributed by atoms with van der Waals surface area (Å²) in [5.41, 5.74) is 0. The van der Waals surface area contributed by atoms with Gasteiger partial charge in [0.2, 0.25) is 5.91 Å². The Kier molecular flexibility index (Phi) is 50.4. The van der Waals surface area contributed by atoms with E-state index in [1.807, 2.05) is 6.08 Å². The molecule has 1 heterocycles. The van der Waals surface area contributed by atoms with Crippen LogP contribution in [0.5, 0.6) is 0 Å². The smallest absolute Gasteiger partial charge is 0.220 e. The zero-order valence-electron chi connectivity index (χ0n) is 47.6. The molecule has 1 amide bonds. The number of carbonyl (C=O) groups is 1. The minimum absolute atomic E-state index is 0.177. The highest BCUT2D eigenvalue weighted by molar-refractivity contribution is 5.76. The van der Waals surface area contributed by atoms with Crippen molar-refractivity contribution in [3.63, 3.8) is 0 Å². The number of nitrogens with one attached hydrogen (secondary N) is 1. The molecule has 0 aliphatic carbocycles. The van der Waals surface area contributed by atoms with Gasteiger partial charge in [0.1, 0.15) is 24.4 Å². The molecule has 0 spiro atoms. The van der Waals surface area contributed by atoms with Gasteiger partial charge in [0.05, 0.1) is 25.4 Å². The minimum Gasteiger partial charge on any atom is -0.394 e. The molecule has 1 saturated heterocycles. The first kappa shape index (κ1) is 69.4. The van der Waals surface area contributed by atoms with Gasteiger partial charge in [-0.3, -0.25) is 4.79 Å². The molecule has 7 atom stereocenters. The number of rotatable bonds is 52. The normalized spacial score (nSPS) is 19.6. The second-order valence-corrected chi connectivity index (χ2v) is 21.1. The number of ether oxygens (including phenoxy) is 2. The van der Waals surface area contributed by atoms with Crippen LogP contribution in [0.25, 0.3) is 0 Å². The van der Waals surface area contributed by atoms with Crippen molar-refractivity contribution in [2.24, 2.45) is 0 Å². The van der Waals surface area contributed by atoms with Gasteiger partial charge in [0, 0.05) is 6.42 Å². The quantitative estimate of drug-likeness (QED) is 0.0261. The fourth-order valence-corrected chi connectivity index (χ4v) is 9.40. The Labute approximate surface area is 454 Å². The molecule has 9 heteroatoms. The topological polar surface area (TPSA) is 149 Å². The highest BCUT2D eigenvalue weighted by atomic mass is 16.7. The van der Waals surface area contributed by atoms with Gasteiger partial charge in [-0.05, 0) is 70.6 Å². The third kappa shape index (κ3) is 42.5. The fraction of sp³-hybridized carbons (Fsp3) is 0.769. The molecule has 0 aromatic rings. The van der Waals surface area contributed by atoms with E-state index in [0.29, 0.717) is 6.42 Å². The molecule has 0 bridgehead atoms. The van der Waals surface area contributed by atoms with Gasteiger partial charge < -0.3 is 40.3 Å². The molecular formula is C65H115NO8. The summed E-state index contributed by atoms with van der Waals surface area (Å²) in [7, 11) is 0. The molecule has 1 aliphatic heterocycles. The van der Waals surface area contributed by atoms with Crippen LogP contribution in [0.1, 0.15) is 264 Å². The number of carbonyl (C=O) groups excluding carboxylic acids is 1. The largest absolute Gasteiger partial charge is 0.394 e. The summed E-state index contributed by atoms with van der Waals surface area (Å²) in [6, 6.07) is -0.808. The first-order valence-corrected chi connectivity index (χ1v) is 30.8. The van der Waals surface area contributed by atoms with E-state index in [4.69, 9.17) is 9.47 Å². The van der Waals surface area contributed by atoms with Gasteiger partial charge in [-0.25, -0.2) is 0 Å². The number of amides is 1. The lowest BCUT2D eigenvalue weighted by Crippen LogP contribution is -2.60. The molecular weight excluding hydrogens is 923 g/mol. The average Bonchev–Trinajstić information content (AvgIpc) is 3.40. The molecule has 1 fully saturated rings. The van der Waals surface area contributed by atoms with Gasteiger partial charge in [-0.2, -0.15) is 0 Å². The molecule has 0 saturated carbocycles. The van der Waals surface area contributed by atoms with Crippen LogP contribution in [0, 0.1) is 0 Å². The third-order valence-electron chi connectivity index (χ3n) is 14.2. The van der Waals surface area contributed by atoms with Gasteiger partial charge in [0.25, 0.3) is 0 Å². The molecule has 0 aromatic heterocycles. The Morgan fingerprint density at radius 3 is 1.24 bits per heavy atom. The summed E-state index contributed by atoms with van der Waals surface area (Å²) in [6.45, 7) is 3.68. The summed E-state index contributed by atoms with van der Waals surface area (Å²) in [4.78, 5) is 13.1. The van der Waals surface area contributed by atoms with E-state index in [1.54, 1.807) is 6.08 Å². The van der Waals surface area contributed by atoms with E-state index in [9.17, 15) is 30.3 Å². The molecule has 428 valence electrons. The standard InChI is InChI=1S/C65H115NO8/c1-3-5-7-9-11-13-15-17-19-21-22-23-24-25-26-27-28-29-30-31-32-33-34-35-36-37-38-39-41-43-45-47-49-51-53-55-61(69)66-58(57-73-65-64(72)63(71)62(70)60(56-67)74-65)59(68)54-52-50-48-46-44-42-40-20-18-16-14-12-10-8-6-4-2/h5,7,11,13,17,19,22-23,25-26,28-29,52,54,58-60,62-65,67-68,70-72H,3-4,6,8-10,12,14-16,18,20-21,24,27,30-51,53,55-57H2,1-2H3,(H,66,69)/b7-5-,13-11-,19-17-,23-22-,26-25-,29-28-,54-52+. The van der Waals surface area contributed by atoms with Gasteiger partial charge in [-0.1, -0.05) is 272 Å². The molecule has 0 radical (unpaired) electrons. The molecule has 1 aliphatic rings. The zero-order chi connectivity index (χ0) is 53.6. The van der Waals surface area contributed by atoms with Crippen molar-refractivity contribution < 1.29 is 39.8 Å². The first-order valence-electron chi connectivity index (χ1n) is 30.8. The average molecular weight is 1040 g/mol. The van der Waals surface area contributed by atoms with Gasteiger partial charge in [-0.15, -0.1) is 0 Å². The SMILES string of the molecule is CC/C=C\C/C=C\C/C=C\C/C=C\C/C=C\C/C=C\CCCCCCCCCCCCCCCCCCC(=O)NC(COC1OC(CO)C(O)C(O)C1O)C(O)/C=C/CCCCCCCCCCCCCCCC. The summed E-state index contributed by atoms with van der Waals surface area (Å²) in [5.74, 6) is -0.177. The number of hydrogen-bond acceptors (Lipinski definition) is 8. The van der Waals surface area contributed by atoms with Crippen LogP contribution < -0.4 is 5.32 Å². The predicted octanol–water partition coefficient (Wildman–Crippen LogP) is 15.8. The lowest BCUT2D eigenvalue weighted by atomic mass is 9.99. The van der Waals surface area contributed by atoms with Crippen LogP contribution in [0.4, 0.5) is 0 Å². The summed E-state index contributed by atoms with van der Waals surface area (Å²) in [6.07, 6.45) is 69.4. The van der Waals surface area contributed by atoms with Crippen molar-refractivity contribution in [2.45, 2.75) is 307 Å². The van der Waals surface area contributed by atoms with Crippen molar-refractivity contribution >= 4 is 5.91 Å². The molecule has 74 heavy (non-hydrogen) atoms. The Hall–Kier alpha value is -2.63. The van der Waals surface area contributed by atoms with Gasteiger partial charge >= 0.3 is 0 Å². The van der Waals surface area contributed by atoms with Crippen LogP contribution in [-0.2, 0) is 14.3 Å². The Bertz CT molecular complexity index is 1440. The molecule has 0 aromatic carbocycles. The summed E-state index contributed by atoms with van der Waals surface area (Å²) < 4.78 is 11.3. The van der Waals surface area contributed by atoms with Crippen LogP contribution in [0.3, 0.4) is 0 Å². The molecule has 6 N–H and O–H groups in total. The molecule has 7 unspecified atom stereocenters. The maximum absolute atomic E-state index is 13.1. The Morgan fingerprint density at radius 2 is 0.838 bits per heavy atom.